The van der Waals surface area contributed by atoms with Crippen molar-refractivity contribution in [1.29, 1.82) is 0 Å². The summed E-state index contributed by atoms with van der Waals surface area (Å²) in [5.74, 6) is 0.472. The van der Waals surface area contributed by atoms with Gasteiger partial charge in [-0.2, -0.15) is 4.57 Å². The highest BCUT2D eigenvalue weighted by molar-refractivity contribution is 6.09. The zero-order valence-corrected chi connectivity index (χ0v) is 33.2. The molecule has 0 amide bonds. The third kappa shape index (κ3) is 5.79. The summed E-state index contributed by atoms with van der Waals surface area (Å²) in [6.07, 6.45) is 13.6. The minimum atomic E-state index is -0.124. The summed E-state index contributed by atoms with van der Waals surface area (Å²) in [6.45, 7) is 12.2. The Balaban J connectivity index is 1.28. The molecule has 274 valence electrons. The van der Waals surface area contributed by atoms with E-state index in [0.717, 1.165) is 43.3 Å². The van der Waals surface area contributed by atoms with Crippen molar-refractivity contribution in [1.82, 2.24) is 0 Å². The number of unbranched alkanes of at least 4 members (excludes halogenated alkanes) is 1. The molecular weight excluding hydrogens is 657 g/mol. The molecule has 3 atom stereocenters. The fourth-order valence-corrected chi connectivity index (χ4v) is 10.1. The summed E-state index contributed by atoms with van der Waals surface area (Å²) >= 11 is 0. The smallest absolute Gasteiger partial charge is 0.216 e. The number of pyridine rings is 2. The highest BCUT2D eigenvalue weighted by Crippen LogP contribution is 2.53. The molecule has 3 nitrogen and oxygen atoms in total. The Hall–Kier alpha value is -5.02. The van der Waals surface area contributed by atoms with Gasteiger partial charge >= 0.3 is 0 Å². The van der Waals surface area contributed by atoms with Crippen LogP contribution in [0.15, 0.2) is 132 Å². The fraction of sp³-hybridized carbons (Fsp3) is 0.333. The molecule has 1 aliphatic heterocycles. The minimum Gasteiger partial charge on any atom is -0.455 e. The predicted octanol–water partition coefficient (Wildman–Crippen LogP) is 12.8. The fourth-order valence-electron chi connectivity index (χ4n) is 10.1. The molecule has 3 heteroatoms. The lowest BCUT2D eigenvalue weighted by Gasteiger charge is -2.48. The predicted molar refractivity (Wildman–Crippen MR) is 225 cm³/mol. The van der Waals surface area contributed by atoms with Crippen molar-refractivity contribution in [2.24, 2.45) is 7.05 Å². The average molecular weight is 713 g/mol. The first kappa shape index (κ1) is 36.0. The number of fused-ring (bicyclic) bond motifs is 6. The van der Waals surface area contributed by atoms with Crippen molar-refractivity contribution >= 4 is 21.9 Å². The molecule has 0 aliphatic carbocycles. The van der Waals surface area contributed by atoms with Gasteiger partial charge in [-0.25, -0.2) is 4.57 Å². The van der Waals surface area contributed by atoms with E-state index in [4.69, 9.17) is 4.42 Å². The van der Waals surface area contributed by atoms with Crippen LogP contribution in [0.1, 0.15) is 102 Å². The maximum atomic E-state index is 6.70. The molecule has 0 bridgehead atoms. The Labute approximate surface area is 322 Å². The van der Waals surface area contributed by atoms with Crippen molar-refractivity contribution in [2.45, 2.75) is 103 Å². The van der Waals surface area contributed by atoms with Crippen LogP contribution in [0, 0.1) is 0 Å². The van der Waals surface area contributed by atoms with E-state index in [-0.39, 0.29) is 11.0 Å². The van der Waals surface area contributed by atoms with Crippen LogP contribution in [0.3, 0.4) is 0 Å². The molecule has 7 aromatic rings. The van der Waals surface area contributed by atoms with Gasteiger partial charge < -0.3 is 4.42 Å². The zero-order chi connectivity index (χ0) is 37.5. The van der Waals surface area contributed by atoms with Crippen LogP contribution in [-0.2, 0) is 24.4 Å². The van der Waals surface area contributed by atoms with Crippen molar-refractivity contribution < 1.29 is 13.6 Å². The van der Waals surface area contributed by atoms with Crippen LogP contribution < -0.4 is 9.13 Å². The first-order valence-corrected chi connectivity index (χ1v) is 20.5. The Morgan fingerprint density at radius 2 is 1.48 bits per heavy atom. The molecule has 0 fully saturated rings. The quantitative estimate of drug-likeness (QED) is 0.116. The molecule has 1 aliphatic rings. The molecular formula is C51H56N2O+2. The van der Waals surface area contributed by atoms with Gasteiger partial charge in [-0.1, -0.05) is 119 Å². The lowest BCUT2D eigenvalue weighted by molar-refractivity contribution is -0.769. The lowest BCUT2D eigenvalue weighted by atomic mass is 9.58. The van der Waals surface area contributed by atoms with Crippen molar-refractivity contribution in [3.63, 3.8) is 0 Å². The van der Waals surface area contributed by atoms with Gasteiger partial charge in [0.15, 0.2) is 17.9 Å². The highest BCUT2D eigenvalue weighted by atomic mass is 16.3. The number of hydrogen-bond donors (Lipinski definition) is 0. The Kier molecular flexibility index (Phi) is 9.77. The van der Waals surface area contributed by atoms with Gasteiger partial charge in [0.25, 0.3) is 0 Å². The number of nitrogens with zero attached hydrogens (tertiary/aromatic N) is 2. The summed E-state index contributed by atoms with van der Waals surface area (Å²) in [5.41, 5.74) is 13.9. The largest absolute Gasteiger partial charge is 0.455 e. The second-order valence-corrected chi connectivity index (χ2v) is 16.0. The summed E-state index contributed by atoms with van der Waals surface area (Å²) in [7, 11) is 2.15. The average Bonchev–Trinajstić information content (AvgIpc) is 3.60. The number of rotatable bonds is 12. The van der Waals surface area contributed by atoms with Gasteiger partial charge in [-0.05, 0) is 79.0 Å². The van der Waals surface area contributed by atoms with Crippen LogP contribution in [0.5, 0.6) is 0 Å². The summed E-state index contributed by atoms with van der Waals surface area (Å²) in [4.78, 5) is 0. The Morgan fingerprint density at radius 3 is 2.26 bits per heavy atom. The number of hydrogen-bond acceptors (Lipinski definition) is 1. The van der Waals surface area contributed by atoms with Crippen LogP contribution in [0.4, 0.5) is 0 Å². The first-order valence-electron chi connectivity index (χ1n) is 20.5. The van der Waals surface area contributed by atoms with Gasteiger partial charge in [-0.15, -0.1) is 0 Å². The molecule has 0 N–H and O–H groups in total. The highest BCUT2D eigenvalue weighted by Gasteiger charge is 2.59. The van der Waals surface area contributed by atoms with Crippen molar-refractivity contribution in [3.05, 3.63) is 144 Å². The molecule has 0 saturated heterocycles. The number of para-hydroxylation sites is 1. The first-order chi connectivity index (χ1) is 26.3. The third-order valence-corrected chi connectivity index (χ3v) is 13.3. The molecule has 4 aromatic carbocycles. The van der Waals surface area contributed by atoms with E-state index < -0.39 is 0 Å². The van der Waals surface area contributed by atoms with Crippen molar-refractivity contribution in [3.8, 4) is 33.6 Å². The number of benzene rings is 4. The van der Waals surface area contributed by atoms with E-state index in [0.29, 0.717) is 5.92 Å². The number of furan rings is 1. The van der Waals surface area contributed by atoms with Crippen LogP contribution in [0.25, 0.3) is 55.6 Å². The van der Waals surface area contributed by atoms with E-state index in [9.17, 15) is 0 Å². The molecule has 3 unspecified atom stereocenters. The molecule has 8 rings (SSSR count). The SMILES string of the molecule is CCCCC(C)c1cc2[n+](cc1-c1ccccc1)C(CC)(CCCc1ccc3c(oc4ccccc43)c1-c1cccc[n+]1C)C(C)(CC)c1ccccc1-2. The van der Waals surface area contributed by atoms with E-state index in [1.54, 1.807) is 0 Å². The van der Waals surface area contributed by atoms with Crippen LogP contribution in [0.2, 0.25) is 0 Å². The molecule has 0 spiro atoms. The summed E-state index contributed by atoms with van der Waals surface area (Å²) in [6, 6.07) is 42.7. The van der Waals surface area contributed by atoms with Crippen LogP contribution >= 0.6 is 0 Å². The molecule has 3 aromatic heterocycles. The number of aromatic nitrogens is 2. The molecule has 0 saturated carbocycles. The van der Waals surface area contributed by atoms with Crippen LogP contribution in [-0.4, -0.2) is 0 Å². The lowest BCUT2D eigenvalue weighted by Crippen LogP contribution is -2.69. The Morgan fingerprint density at radius 1 is 0.722 bits per heavy atom. The van der Waals surface area contributed by atoms with Gasteiger partial charge in [0.2, 0.25) is 11.4 Å². The maximum absolute atomic E-state index is 6.70. The van der Waals surface area contributed by atoms with Gasteiger partial charge in [0.05, 0.1) is 16.5 Å². The number of aryl methyl sites for hydroxylation is 2. The van der Waals surface area contributed by atoms with E-state index in [2.05, 4.69) is 178 Å². The second kappa shape index (κ2) is 14.7. The Bertz CT molecular complexity index is 2440. The molecule has 0 radical (unpaired) electrons. The van der Waals surface area contributed by atoms with Gasteiger partial charge in [0, 0.05) is 47.4 Å². The summed E-state index contributed by atoms with van der Waals surface area (Å²) < 4.78 is 11.7. The zero-order valence-electron chi connectivity index (χ0n) is 33.2. The standard InChI is InChI=1S/C51H56N2O/c1-7-10-21-36(4)42-34-46-41-26-14-16-27-44(41)50(5,8-2)51(9-3,53(46)35-43(42)37-22-12-11-13-23-37)32-20-24-38-30-31-40-39-25-15-17-29-47(39)54-49(40)48(38)45-28-18-19-33-52(45)6/h11-19,22-23,25-31,33-36H,7-10,20-21,24,32H2,1-6H3/q+2. The molecule has 4 heterocycles. The van der Waals surface area contributed by atoms with Gasteiger partial charge in [-0.3, -0.25) is 0 Å². The normalized spacial score (nSPS) is 18.5. The maximum Gasteiger partial charge on any atom is 0.216 e. The molecule has 54 heavy (non-hydrogen) atoms. The topological polar surface area (TPSA) is 20.9 Å². The second-order valence-electron chi connectivity index (χ2n) is 16.0. The van der Waals surface area contributed by atoms with Crippen molar-refractivity contribution in [2.75, 3.05) is 0 Å². The minimum absolute atomic E-state index is 0.0588. The summed E-state index contributed by atoms with van der Waals surface area (Å²) in [5, 5.41) is 2.36. The van der Waals surface area contributed by atoms with E-state index in [1.807, 2.05) is 0 Å². The van der Waals surface area contributed by atoms with Gasteiger partial charge in [0.1, 0.15) is 18.2 Å². The van der Waals surface area contributed by atoms with E-state index in [1.165, 1.54) is 80.4 Å². The van der Waals surface area contributed by atoms with E-state index >= 15 is 0 Å². The monoisotopic (exact) mass is 712 g/mol. The third-order valence-electron chi connectivity index (χ3n) is 13.3.